The van der Waals surface area contributed by atoms with Crippen LogP contribution < -0.4 is 15.0 Å². The Hall–Kier alpha value is -2.81. The van der Waals surface area contributed by atoms with Gasteiger partial charge < -0.3 is 15.2 Å². The number of amides is 2. The summed E-state index contributed by atoms with van der Waals surface area (Å²) in [5.74, 6) is -1.35. The number of hydrogen-bond acceptors (Lipinski definition) is 5. The molecule has 9 heteroatoms. The molecule has 2 aliphatic heterocycles. The van der Waals surface area contributed by atoms with E-state index < -0.39 is 23.3 Å². The Morgan fingerprint density at radius 2 is 2.28 bits per heavy atom. The molecule has 1 fully saturated rings. The van der Waals surface area contributed by atoms with Gasteiger partial charge in [-0.2, -0.15) is 0 Å². The molecule has 0 aliphatic carbocycles. The zero-order valence-electron chi connectivity index (χ0n) is 13.0. The fourth-order valence-corrected chi connectivity index (χ4v) is 4.62. The van der Waals surface area contributed by atoms with Gasteiger partial charge >= 0.3 is 0 Å². The topological polar surface area (TPSA) is 97.8 Å². The van der Waals surface area contributed by atoms with Gasteiger partial charge in [-0.05, 0) is 6.07 Å². The summed E-state index contributed by atoms with van der Waals surface area (Å²) in [5.41, 5.74) is 1.44. The number of thioether (sulfide) groups is 1. The van der Waals surface area contributed by atoms with E-state index in [2.05, 4.69) is 5.32 Å². The first-order chi connectivity index (χ1) is 12.1. The largest absolute Gasteiger partial charge is 0.543 e. The van der Waals surface area contributed by atoms with Crippen molar-refractivity contribution in [2.45, 2.75) is 18.0 Å². The van der Waals surface area contributed by atoms with Gasteiger partial charge in [0.1, 0.15) is 30.4 Å². The highest BCUT2D eigenvalue weighted by Gasteiger charge is 2.52. The molecule has 2 amide bonds. The molecule has 1 saturated heterocycles. The minimum Gasteiger partial charge on any atom is -0.543 e. The summed E-state index contributed by atoms with van der Waals surface area (Å²) in [5, 5.41) is 13.7. The maximum Gasteiger partial charge on any atom is 0.286 e. The molecule has 128 valence electrons. The molecule has 0 saturated carbocycles. The van der Waals surface area contributed by atoms with Crippen LogP contribution in [0.25, 0.3) is 5.65 Å². The second-order valence-electron chi connectivity index (χ2n) is 5.80. The third-order valence-corrected chi connectivity index (χ3v) is 5.76. The summed E-state index contributed by atoms with van der Waals surface area (Å²) in [6, 6.07) is 5.06. The highest BCUT2D eigenvalue weighted by Crippen LogP contribution is 2.39. The number of aromatic nitrogens is 2. The highest BCUT2D eigenvalue weighted by atomic mass is 32.2. The molecule has 0 unspecified atom stereocenters. The first kappa shape index (κ1) is 15.7. The Bertz CT molecular complexity index is 922. The normalized spacial score (nSPS) is 22.6. The van der Waals surface area contributed by atoms with Gasteiger partial charge in [0, 0.05) is 17.4 Å². The molecule has 2 aliphatic rings. The summed E-state index contributed by atoms with van der Waals surface area (Å²) < 4.78 is 3.85. The van der Waals surface area contributed by atoms with Crippen LogP contribution in [0.3, 0.4) is 0 Å². The number of hydrogen-bond donors (Lipinski definition) is 1. The van der Waals surface area contributed by atoms with E-state index in [4.69, 9.17) is 0 Å². The molecule has 4 rings (SSSR count). The standard InChI is InChI=1S/C16H14N4O4S/c21-9-17-12-14(22)20-13(16(23)24)10(8-25-15(12)20)7-19-6-5-18-4-2-1-3-11(18)19/h1-6,9,12,15H,7-8H2,(H-,17,21,23,24)/t12-,15-/m1/s1. The van der Waals surface area contributed by atoms with Crippen LogP contribution in [0.15, 0.2) is 48.1 Å². The number of rotatable bonds is 5. The molecule has 0 radical (unpaired) electrons. The Morgan fingerprint density at radius 3 is 3.04 bits per heavy atom. The third kappa shape index (κ3) is 2.39. The van der Waals surface area contributed by atoms with Crippen molar-refractivity contribution in [3.05, 3.63) is 48.1 Å². The van der Waals surface area contributed by atoms with Crippen LogP contribution in [-0.4, -0.2) is 44.8 Å². The lowest BCUT2D eigenvalue weighted by Gasteiger charge is -2.50. The number of carbonyl (C=O) groups is 3. The molecular formula is C16H14N4O4S. The molecule has 0 aromatic carbocycles. The Balaban J connectivity index is 1.69. The number of carbonyl (C=O) groups excluding carboxylic acids is 3. The number of carboxylic acids is 1. The number of carboxylic acid groups (broad SMARTS) is 1. The van der Waals surface area contributed by atoms with Crippen molar-refractivity contribution in [1.29, 1.82) is 0 Å². The number of aliphatic carboxylic acids is 1. The van der Waals surface area contributed by atoms with E-state index in [1.165, 1.54) is 16.7 Å². The molecule has 2 aromatic rings. The zero-order chi connectivity index (χ0) is 17.6. The molecule has 8 nitrogen and oxygen atoms in total. The van der Waals surface area contributed by atoms with E-state index in [1.54, 1.807) is 0 Å². The molecule has 1 N–H and O–H groups in total. The van der Waals surface area contributed by atoms with Crippen LogP contribution in [0.5, 0.6) is 0 Å². The maximum atomic E-state index is 12.2. The molecule has 0 bridgehead atoms. The molecule has 0 spiro atoms. The van der Waals surface area contributed by atoms with Crippen LogP contribution in [0.1, 0.15) is 0 Å². The molecule has 4 heterocycles. The van der Waals surface area contributed by atoms with Gasteiger partial charge in [0.25, 0.3) is 11.6 Å². The summed E-state index contributed by atoms with van der Waals surface area (Å²) >= 11 is 1.44. The lowest BCUT2D eigenvalue weighted by Crippen LogP contribution is -2.70. The highest BCUT2D eigenvalue weighted by molar-refractivity contribution is 8.00. The van der Waals surface area contributed by atoms with Crippen molar-refractivity contribution < 1.29 is 24.1 Å². The third-order valence-electron chi connectivity index (χ3n) is 4.42. The Morgan fingerprint density at radius 1 is 1.44 bits per heavy atom. The van der Waals surface area contributed by atoms with Crippen molar-refractivity contribution in [3.63, 3.8) is 0 Å². The number of fused-ring (bicyclic) bond motifs is 2. The number of nitrogens with one attached hydrogen (secondary N) is 1. The SMILES string of the molecule is O=CN[C@@H]1C(=O)N2C(C(=O)[O-])=C(C[n+]3ccn4ccccc43)CS[C@H]12. The van der Waals surface area contributed by atoms with Gasteiger partial charge in [0.15, 0.2) is 0 Å². The minimum absolute atomic E-state index is 0.0829. The van der Waals surface area contributed by atoms with E-state index in [9.17, 15) is 19.5 Å². The Kier molecular flexibility index (Phi) is 3.72. The lowest BCUT2D eigenvalue weighted by atomic mass is 10.0. The summed E-state index contributed by atoms with van der Waals surface area (Å²) in [6.45, 7) is 0.346. The predicted molar refractivity (Wildman–Crippen MR) is 85.7 cm³/mol. The fourth-order valence-electron chi connectivity index (χ4n) is 3.27. The van der Waals surface area contributed by atoms with Crippen molar-refractivity contribution >= 4 is 35.7 Å². The number of β-lactam (4-membered cyclic amide) rings is 1. The molecule has 2 aromatic heterocycles. The average Bonchev–Trinajstić information content (AvgIpc) is 3.02. The summed E-state index contributed by atoms with van der Waals surface area (Å²) in [6.07, 6.45) is 6.11. The minimum atomic E-state index is -1.37. The van der Waals surface area contributed by atoms with Crippen LogP contribution >= 0.6 is 11.8 Å². The Labute approximate surface area is 146 Å². The van der Waals surface area contributed by atoms with E-state index in [0.717, 1.165) is 5.65 Å². The quantitative estimate of drug-likeness (QED) is 0.389. The van der Waals surface area contributed by atoms with Crippen molar-refractivity contribution in [2.24, 2.45) is 0 Å². The van der Waals surface area contributed by atoms with Gasteiger partial charge in [0.05, 0.1) is 17.9 Å². The molecule has 25 heavy (non-hydrogen) atoms. The van der Waals surface area contributed by atoms with Crippen molar-refractivity contribution in [2.75, 3.05) is 5.75 Å². The zero-order valence-corrected chi connectivity index (χ0v) is 13.8. The molecule has 2 atom stereocenters. The van der Waals surface area contributed by atoms with E-state index >= 15 is 0 Å². The summed E-state index contributed by atoms with van der Waals surface area (Å²) in [7, 11) is 0. The van der Waals surface area contributed by atoms with Gasteiger partial charge in [-0.1, -0.05) is 6.07 Å². The van der Waals surface area contributed by atoms with E-state index in [0.29, 0.717) is 24.3 Å². The number of imidazole rings is 1. The predicted octanol–water partition coefficient (Wildman–Crippen LogP) is -1.74. The van der Waals surface area contributed by atoms with Crippen LogP contribution in [0.2, 0.25) is 0 Å². The average molecular weight is 358 g/mol. The second-order valence-corrected chi connectivity index (χ2v) is 6.91. The smallest absolute Gasteiger partial charge is 0.286 e. The summed E-state index contributed by atoms with van der Waals surface area (Å²) in [4.78, 5) is 35.7. The van der Waals surface area contributed by atoms with Crippen LogP contribution in [0.4, 0.5) is 0 Å². The monoisotopic (exact) mass is 358 g/mol. The van der Waals surface area contributed by atoms with Gasteiger partial charge in [-0.15, -0.1) is 11.8 Å². The fraction of sp³-hybridized carbons (Fsp3) is 0.250. The van der Waals surface area contributed by atoms with Crippen molar-refractivity contribution in [3.8, 4) is 0 Å². The van der Waals surface area contributed by atoms with E-state index in [1.807, 2.05) is 45.8 Å². The lowest BCUT2D eigenvalue weighted by molar-refractivity contribution is -0.662. The van der Waals surface area contributed by atoms with Gasteiger partial charge in [-0.3, -0.25) is 14.5 Å². The van der Waals surface area contributed by atoms with E-state index in [-0.39, 0.29) is 5.70 Å². The second kappa shape index (κ2) is 5.92. The maximum absolute atomic E-state index is 12.2. The van der Waals surface area contributed by atoms with Crippen LogP contribution in [-0.2, 0) is 20.9 Å². The van der Waals surface area contributed by atoms with Crippen molar-refractivity contribution in [1.82, 2.24) is 14.6 Å². The van der Waals surface area contributed by atoms with Gasteiger partial charge in [-0.25, -0.2) is 8.97 Å². The number of nitrogens with zero attached hydrogens (tertiary/aromatic N) is 3. The number of pyridine rings is 1. The first-order valence-electron chi connectivity index (χ1n) is 7.64. The molecular weight excluding hydrogens is 344 g/mol. The van der Waals surface area contributed by atoms with Gasteiger partial charge in [0.2, 0.25) is 6.41 Å². The first-order valence-corrected chi connectivity index (χ1v) is 8.69. The van der Waals surface area contributed by atoms with Crippen LogP contribution in [0, 0.1) is 0 Å².